The van der Waals surface area contributed by atoms with Crippen LogP contribution in [0.4, 0.5) is 13.2 Å². The second-order valence-electron chi connectivity index (χ2n) is 2.95. The summed E-state index contributed by atoms with van der Waals surface area (Å²) in [4.78, 5) is 0. The monoisotopic (exact) mass is 226 g/mol. The molecule has 4 nitrogen and oxygen atoms in total. The number of aromatic nitrogens is 4. The maximum absolute atomic E-state index is 12.4. The second-order valence-corrected chi connectivity index (χ2v) is 2.95. The van der Waals surface area contributed by atoms with E-state index in [1.165, 1.54) is 12.1 Å². The van der Waals surface area contributed by atoms with E-state index in [-0.39, 0.29) is 11.4 Å². The van der Waals surface area contributed by atoms with Gasteiger partial charge in [-0.1, -0.05) is 12.1 Å². The first kappa shape index (κ1) is 10.5. The molecule has 0 N–H and O–H groups in total. The summed E-state index contributed by atoms with van der Waals surface area (Å²) in [6.07, 6.45) is -3.28. The minimum absolute atomic E-state index is 0.0635. The topological polar surface area (TPSA) is 51.6 Å². The molecular formula is C9H5F3N4. The van der Waals surface area contributed by atoms with Gasteiger partial charge in [0, 0.05) is 5.56 Å². The smallest absolute Gasteiger partial charge is 0.166 e. The van der Waals surface area contributed by atoms with Crippen molar-refractivity contribution in [2.75, 3.05) is 0 Å². The summed E-state index contributed by atoms with van der Waals surface area (Å²) < 4.78 is 37.2. The van der Waals surface area contributed by atoms with Gasteiger partial charge >= 0.3 is 6.18 Å². The molecule has 0 atom stereocenters. The molecule has 0 radical (unpaired) electrons. The summed E-state index contributed by atoms with van der Waals surface area (Å²) in [6.45, 7) is 0. The highest BCUT2D eigenvalue weighted by molar-refractivity contribution is 5.55. The maximum Gasteiger partial charge on any atom is 0.416 e. The molecule has 82 valence electrons. The normalized spacial score (nSPS) is 11.4. The SMILES string of the molecule is FC(F)(F)c1cccc(-c2nncnn2)c1. The molecule has 0 fully saturated rings. The highest BCUT2D eigenvalue weighted by Crippen LogP contribution is 2.30. The van der Waals surface area contributed by atoms with Crippen LogP contribution in [0.25, 0.3) is 11.4 Å². The summed E-state index contributed by atoms with van der Waals surface area (Å²) in [5, 5.41) is 14.1. The Labute approximate surface area is 88.2 Å². The molecule has 16 heavy (non-hydrogen) atoms. The van der Waals surface area contributed by atoms with E-state index in [2.05, 4.69) is 20.4 Å². The predicted octanol–water partition coefficient (Wildman–Crippen LogP) is 1.95. The molecule has 0 aliphatic carbocycles. The molecule has 0 aliphatic rings. The van der Waals surface area contributed by atoms with Crippen LogP contribution >= 0.6 is 0 Å². The van der Waals surface area contributed by atoms with Gasteiger partial charge in [-0.15, -0.1) is 20.4 Å². The van der Waals surface area contributed by atoms with Crippen molar-refractivity contribution >= 4 is 0 Å². The Morgan fingerprint density at radius 3 is 2.31 bits per heavy atom. The van der Waals surface area contributed by atoms with E-state index in [1.54, 1.807) is 0 Å². The summed E-state index contributed by atoms with van der Waals surface area (Å²) in [5.41, 5.74) is -0.520. The number of nitrogens with zero attached hydrogens (tertiary/aromatic N) is 4. The van der Waals surface area contributed by atoms with Crippen LogP contribution < -0.4 is 0 Å². The first-order chi connectivity index (χ1) is 7.57. The maximum atomic E-state index is 12.4. The van der Waals surface area contributed by atoms with E-state index >= 15 is 0 Å². The molecule has 0 unspecified atom stereocenters. The second kappa shape index (κ2) is 3.84. The van der Waals surface area contributed by atoms with Crippen molar-refractivity contribution in [1.29, 1.82) is 0 Å². The Hall–Kier alpha value is -2.05. The predicted molar refractivity (Wildman–Crippen MR) is 48.1 cm³/mol. The molecule has 0 amide bonds. The van der Waals surface area contributed by atoms with Gasteiger partial charge in [-0.3, -0.25) is 0 Å². The van der Waals surface area contributed by atoms with Gasteiger partial charge in [-0.25, -0.2) is 0 Å². The van der Waals surface area contributed by atoms with Crippen LogP contribution in [-0.2, 0) is 6.18 Å². The van der Waals surface area contributed by atoms with E-state index in [0.717, 1.165) is 18.5 Å². The highest BCUT2D eigenvalue weighted by Gasteiger charge is 2.30. The van der Waals surface area contributed by atoms with Gasteiger partial charge in [0.25, 0.3) is 0 Å². The zero-order chi connectivity index (χ0) is 11.6. The fourth-order valence-corrected chi connectivity index (χ4v) is 1.15. The zero-order valence-electron chi connectivity index (χ0n) is 7.81. The van der Waals surface area contributed by atoms with E-state index in [9.17, 15) is 13.2 Å². The van der Waals surface area contributed by atoms with E-state index < -0.39 is 11.7 Å². The Kier molecular flexibility index (Phi) is 2.51. The van der Waals surface area contributed by atoms with Crippen LogP contribution in [0.15, 0.2) is 30.6 Å². The lowest BCUT2D eigenvalue weighted by Gasteiger charge is -2.07. The van der Waals surface area contributed by atoms with Gasteiger partial charge in [0.05, 0.1) is 5.56 Å². The van der Waals surface area contributed by atoms with E-state index in [0.29, 0.717) is 0 Å². The highest BCUT2D eigenvalue weighted by atomic mass is 19.4. The fourth-order valence-electron chi connectivity index (χ4n) is 1.15. The minimum atomic E-state index is -4.38. The van der Waals surface area contributed by atoms with Crippen molar-refractivity contribution in [2.45, 2.75) is 6.18 Å². The molecule has 1 aromatic carbocycles. The largest absolute Gasteiger partial charge is 0.416 e. The molecule has 0 aliphatic heterocycles. The quantitative estimate of drug-likeness (QED) is 0.745. The summed E-state index contributed by atoms with van der Waals surface area (Å²) in [5.74, 6) is 0.0635. The number of hydrogen-bond acceptors (Lipinski definition) is 4. The number of alkyl halides is 3. The number of halogens is 3. The van der Waals surface area contributed by atoms with E-state index in [4.69, 9.17) is 0 Å². The standard InChI is InChI=1S/C9H5F3N4/c10-9(11,12)7-3-1-2-6(4-7)8-15-13-5-14-16-8/h1-5H. The molecule has 7 heteroatoms. The third-order valence-electron chi connectivity index (χ3n) is 1.86. The van der Waals surface area contributed by atoms with E-state index in [1.807, 2.05) is 0 Å². The van der Waals surface area contributed by atoms with Crippen molar-refractivity contribution in [3.63, 3.8) is 0 Å². The Bertz CT molecular complexity index is 484. The molecule has 0 saturated heterocycles. The first-order valence-corrected chi connectivity index (χ1v) is 4.25. The molecule has 2 aromatic rings. The van der Waals surface area contributed by atoms with Crippen molar-refractivity contribution in [3.05, 3.63) is 36.2 Å². The summed E-state index contributed by atoms with van der Waals surface area (Å²) in [6, 6.07) is 4.69. The average Bonchev–Trinajstić information content (AvgIpc) is 2.29. The number of rotatable bonds is 1. The van der Waals surface area contributed by atoms with Gasteiger partial charge in [-0.05, 0) is 12.1 Å². The molecule has 0 spiro atoms. The fraction of sp³-hybridized carbons (Fsp3) is 0.111. The van der Waals surface area contributed by atoms with Crippen molar-refractivity contribution in [2.24, 2.45) is 0 Å². The Balaban J connectivity index is 2.45. The lowest BCUT2D eigenvalue weighted by molar-refractivity contribution is -0.137. The van der Waals surface area contributed by atoms with Crippen molar-refractivity contribution < 1.29 is 13.2 Å². The molecule has 0 bridgehead atoms. The van der Waals surface area contributed by atoms with Crippen LogP contribution in [-0.4, -0.2) is 20.4 Å². The third-order valence-corrected chi connectivity index (χ3v) is 1.86. The van der Waals surface area contributed by atoms with Crippen molar-refractivity contribution in [3.8, 4) is 11.4 Å². The van der Waals surface area contributed by atoms with Crippen LogP contribution in [0, 0.1) is 0 Å². The first-order valence-electron chi connectivity index (χ1n) is 4.25. The molecule has 2 rings (SSSR count). The van der Waals surface area contributed by atoms with Crippen LogP contribution in [0.5, 0.6) is 0 Å². The minimum Gasteiger partial charge on any atom is -0.166 e. The van der Waals surface area contributed by atoms with Gasteiger partial charge in [0.15, 0.2) is 6.33 Å². The Morgan fingerprint density at radius 1 is 1.00 bits per heavy atom. The van der Waals surface area contributed by atoms with Crippen LogP contribution in [0.3, 0.4) is 0 Å². The molecular weight excluding hydrogens is 221 g/mol. The lowest BCUT2D eigenvalue weighted by Crippen LogP contribution is -2.05. The zero-order valence-corrected chi connectivity index (χ0v) is 7.81. The van der Waals surface area contributed by atoms with Gasteiger partial charge < -0.3 is 0 Å². The number of hydrogen-bond donors (Lipinski definition) is 0. The molecule has 1 aromatic heterocycles. The average molecular weight is 226 g/mol. The third kappa shape index (κ3) is 2.13. The number of benzene rings is 1. The van der Waals surface area contributed by atoms with Gasteiger partial charge in [0.1, 0.15) is 0 Å². The van der Waals surface area contributed by atoms with Gasteiger partial charge in [-0.2, -0.15) is 13.2 Å². The summed E-state index contributed by atoms with van der Waals surface area (Å²) >= 11 is 0. The Morgan fingerprint density at radius 2 is 1.69 bits per heavy atom. The van der Waals surface area contributed by atoms with Crippen LogP contribution in [0.2, 0.25) is 0 Å². The van der Waals surface area contributed by atoms with Crippen molar-refractivity contribution in [1.82, 2.24) is 20.4 Å². The molecule has 0 saturated carbocycles. The van der Waals surface area contributed by atoms with Crippen LogP contribution in [0.1, 0.15) is 5.56 Å². The van der Waals surface area contributed by atoms with Gasteiger partial charge in [0.2, 0.25) is 5.82 Å². The summed E-state index contributed by atoms with van der Waals surface area (Å²) in [7, 11) is 0. The molecule has 1 heterocycles. The lowest BCUT2D eigenvalue weighted by atomic mass is 10.1.